The first kappa shape index (κ1) is 17.5. The normalized spacial score (nSPS) is 10.8. The molecule has 2 rings (SSSR count). The van der Waals surface area contributed by atoms with Gasteiger partial charge in [0.1, 0.15) is 5.75 Å². The number of rotatable bonds is 3. The Morgan fingerprint density at radius 3 is 2.17 bits per heavy atom. The molecule has 0 aliphatic rings. The summed E-state index contributed by atoms with van der Waals surface area (Å²) in [6.45, 7) is 5.57. The van der Waals surface area contributed by atoms with Gasteiger partial charge in [-0.1, -0.05) is 24.3 Å². The van der Waals surface area contributed by atoms with E-state index in [0.29, 0.717) is 16.9 Å². The van der Waals surface area contributed by atoms with E-state index in [1.54, 1.807) is 55.6 Å². The van der Waals surface area contributed by atoms with Gasteiger partial charge < -0.3 is 4.74 Å². The highest BCUT2D eigenvalue weighted by Crippen LogP contribution is 2.19. The second-order valence-corrected chi connectivity index (χ2v) is 6.35. The van der Waals surface area contributed by atoms with Crippen molar-refractivity contribution in [1.82, 2.24) is 10.4 Å². The fraction of sp³-hybridized carbons (Fsp3) is 0.263. The number of benzene rings is 2. The summed E-state index contributed by atoms with van der Waals surface area (Å²) in [4.78, 5) is 25.3. The molecule has 0 atom stereocenters. The first-order valence-corrected chi connectivity index (χ1v) is 7.67. The van der Waals surface area contributed by atoms with E-state index in [0.717, 1.165) is 0 Å². The van der Waals surface area contributed by atoms with Crippen LogP contribution in [0, 0.1) is 0 Å². The number of ether oxygens (including phenoxy) is 1. The summed E-state index contributed by atoms with van der Waals surface area (Å²) < 4.78 is 5.16. The van der Waals surface area contributed by atoms with Crippen LogP contribution in [0.1, 0.15) is 41.5 Å². The lowest BCUT2D eigenvalue weighted by Crippen LogP contribution is -2.55. The van der Waals surface area contributed by atoms with Gasteiger partial charge in [-0.3, -0.25) is 15.0 Å². The first-order valence-electron chi connectivity index (χ1n) is 7.67. The van der Waals surface area contributed by atoms with E-state index in [2.05, 4.69) is 5.43 Å². The molecule has 0 fully saturated rings. The average Bonchev–Trinajstić information content (AvgIpc) is 2.58. The molecule has 2 amide bonds. The molecule has 0 aliphatic heterocycles. The Labute approximate surface area is 142 Å². The van der Waals surface area contributed by atoms with Gasteiger partial charge in [-0.2, -0.15) is 0 Å². The minimum Gasteiger partial charge on any atom is -0.497 e. The fourth-order valence-electron chi connectivity index (χ4n) is 2.16. The summed E-state index contributed by atoms with van der Waals surface area (Å²) in [7, 11) is 1.54. The van der Waals surface area contributed by atoms with Crippen molar-refractivity contribution in [3.63, 3.8) is 0 Å². The molecule has 0 aliphatic carbocycles. The monoisotopic (exact) mass is 326 g/mol. The van der Waals surface area contributed by atoms with Crippen molar-refractivity contribution in [1.29, 1.82) is 0 Å². The Balaban J connectivity index is 2.28. The van der Waals surface area contributed by atoms with Gasteiger partial charge in [0.25, 0.3) is 11.8 Å². The molecule has 0 bridgehead atoms. The maximum absolute atomic E-state index is 12.9. The first-order chi connectivity index (χ1) is 11.3. The number of nitrogens with zero attached hydrogens (tertiary/aromatic N) is 1. The van der Waals surface area contributed by atoms with E-state index < -0.39 is 5.54 Å². The molecule has 0 unspecified atom stereocenters. The minimum atomic E-state index is -0.593. The van der Waals surface area contributed by atoms with Gasteiger partial charge in [-0.25, -0.2) is 5.01 Å². The van der Waals surface area contributed by atoms with Crippen molar-refractivity contribution in [2.45, 2.75) is 26.3 Å². The van der Waals surface area contributed by atoms with Crippen LogP contribution in [0.4, 0.5) is 0 Å². The van der Waals surface area contributed by atoms with E-state index in [1.165, 1.54) is 5.01 Å². The highest BCUT2D eigenvalue weighted by atomic mass is 16.5. The zero-order chi connectivity index (χ0) is 17.7. The lowest BCUT2D eigenvalue weighted by molar-refractivity contribution is 0.0358. The molecular formula is C19H22N2O3. The maximum Gasteiger partial charge on any atom is 0.272 e. The smallest absolute Gasteiger partial charge is 0.272 e. The van der Waals surface area contributed by atoms with Crippen LogP contribution in [-0.2, 0) is 0 Å². The minimum absolute atomic E-state index is 0.300. The van der Waals surface area contributed by atoms with Crippen LogP contribution in [0.25, 0.3) is 0 Å². The van der Waals surface area contributed by atoms with Crippen LogP contribution < -0.4 is 10.2 Å². The summed E-state index contributed by atoms with van der Waals surface area (Å²) in [5.74, 6) is -0.0449. The van der Waals surface area contributed by atoms with Gasteiger partial charge in [0.05, 0.1) is 12.6 Å². The maximum atomic E-state index is 12.9. The van der Waals surface area contributed by atoms with Crippen molar-refractivity contribution >= 4 is 11.8 Å². The third-order valence-electron chi connectivity index (χ3n) is 3.44. The zero-order valence-electron chi connectivity index (χ0n) is 14.4. The number of carbonyl (C=O) groups is 2. The van der Waals surface area contributed by atoms with Gasteiger partial charge in [0.2, 0.25) is 0 Å². The van der Waals surface area contributed by atoms with Gasteiger partial charge in [0.15, 0.2) is 0 Å². The lowest BCUT2D eigenvalue weighted by atomic mass is 10.1. The van der Waals surface area contributed by atoms with Crippen LogP contribution >= 0.6 is 0 Å². The highest BCUT2D eigenvalue weighted by molar-refractivity contribution is 5.99. The summed E-state index contributed by atoms with van der Waals surface area (Å²) in [6.07, 6.45) is 0. The largest absolute Gasteiger partial charge is 0.497 e. The van der Waals surface area contributed by atoms with Crippen LogP contribution in [-0.4, -0.2) is 29.5 Å². The number of hydrogen-bond donors (Lipinski definition) is 1. The number of nitrogens with one attached hydrogen (secondary N) is 1. The molecule has 0 radical (unpaired) electrons. The van der Waals surface area contributed by atoms with Crippen molar-refractivity contribution < 1.29 is 14.3 Å². The molecule has 0 saturated carbocycles. The standard InChI is InChI=1S/C19H22N2O3/c1-19(2,3)21(20-17(22)14-9-6-5-7-10-14)18(23)15-11-8-12-16(13-15)24-4/h5-13H,1-4H3,(H,20,22). The van der Waals surface area contributed by atoms with Crippen LogP contribution in [0.5, 0.6) is 5.75 Å². The van der Waals surface area contributed by atoms with Gasteiger partial charge in [0, 0.05) is 11.1 Å². The number of hydrazine groups is 1. The second kappa shape index (κ2) is 7.17. The number of methoxy groups -OCH3 is 1. The Bertz CT molecular complexity index is 721. The molecule has 0 spiro atoms. The molecule has 5 nitrogen and oxygen atoms in total. The van der Waals surface area contributed by atoms with Gasteiger partial charge in [-0.05, 0) is 51.1 Å². The molecule has 0 saturated heterocycles. The van der Waals surface area contributed by atoms with Gasteiger partial charge >= 0.3 is 0 Å². The topological polar surface area (TPSA) is 58.6 Å². The quantitative estimate of drug-likeness (QED) is 0.881. The molecule has 5 heteroatoms. The molecule has 0 heterocycles. The van der Waals surface area contributed by atoms with E-state index in [9.17, 15) is 9.59 Å². The van der Waals surface area contributed by atoms with Crippen molar-refractivity contribution in [3.05, 3.63) is 65.7 Å². The number of amides is 2. The third kappa shape index (κ3) is 4.13. The van der Waals surface area contributed by atoms with E-state index in [4.69, 9.17) is 4.74 Å². The predicted octanol–water partition coefficient (Wildman–Crippen LogP) is 3.28. The molecule has 0 aromatic heterocycles. The fourth-order valence-corrected chi connectivity index (χ4v) is 2.16. The summed E-state index contributed by atoms with van der Waals surface area (Å²) in [5.41, 5.74) is 3.05. The molecule has 126 valence electrons. The van der Waals surface area contributed by atoms with Crippen molar-refractivity contribution in [2.75, 3.05) is 7.11 Å². The average molecular weight is 326 g/mol. The van der Waals surface area contributed by atoms with Gasteiger partial charge in [-0.15, -0.1) is 0 Å². The Morgan fingerprint density at radius 2 is 1.58 bits per heavy atom. The number of carbonyl (C=O) groups excluding carboxylic acids is 2. The van der Waals surface area contributed by atoms with Crippen LogP contribution in [0.3, 0.4) is 0 Å². The molecule has 2 aromatic rings. The molecule has 2 aromatic carbocycles. The Morgan fingerprint density at radius 1 is 0.958 bits per heavy atom. The Kier molecular flexibility index (Phi) is 5.24. The number of hydrogen-bond acceptors (Lipinski definition) is 3. The summed E-state index contributed by atoms with van der Waals surface area (Å²) in [5, 5.41) is 1.34. The lowest BCUT2D eigenvalue weighted by Gasteiger charge is -2.35. The van der Waals surface area contributed by atoms with Crippen LogP contribution in [0.2, 0.25) is 0 Å². The third-order valence-corrected chi connectivity index (χ3v) is 3.44. The summed E-state index contributed by atoms with van der Waals surface area (Å²) in [6, 6.07) is 15.6. The second-order valence-electron chi connectivity index (χ2n) is 6.35. The molecule has 24 heavy (non-hydrogen) atoms. The highest BCUT2D eigenvalue weighted by Gasteiger charge is 2.29. The van der Waals surface area contributed by atoms with E-state index >= 15 is 0 Å². The zero-order valence-corrected chi connectivity index (χ0v) is 14.4. The van der Waals surface area contributed by atoms with Crippen molar-refractivity contribution in [2.24, 2.45) is 0 Å². The molecule has 1 N–H and O–H groups in total. The van der Waals surface area contributed by atoms with E-state index in [1.807, 2.05) is 26.8 Å². The summed E-state index contributed by atoms with van der Waals surface area (Å²) >= 11 is 0. The van der Waals surface area contributed by atoms with Crippen LogP contribution in [0.15, 0.2) is 54.6 Å². The Hall–Kier alpha value is -2.82. The van der Waals surface area contributed by atoms with E-state index in [-0.39, 0.29) is 11.8 Å². The SMILES string of the molecule is COc1cccc(C(=O)N(NC(=O)c2ccccc2)C(C)(C)C)c1. The predicted molar refractivity (Wildman–Crippen MR) is 92.8 cm³/mol. The molecular weight excluding hydrogens is 304 g/mol. The van der Waals surface area contributed by atoms with Crippen molar-refractivity contribution in [3.8, 4) is 5.75 Å².